The normalized spacial score (nSPS) is 19.7. The van der Waals surface area contributed by atoms with E-state index in [1.807, 2.05) is 0 Å². The Balaban J connectivity index is 2.23. The molecule has 5 heteroatoms. The third-order valence-corrected chi connectivity index (χ3v) is 2.41. The largest absolute Gasteiger partial charge is 0.368 e. The highest BCUT2D eigenvalue weighted by atomic mass is 19.3. The summed E-state index contributed by atoms with van der Waals surface area (Å²) in [5.74, 6) is -2.40. The van der Waals surface area contributed by atoms with Gasteiger partial charge in [0.05, 0.1) is 5.69 Å². The lowest BCUT2D eigenvalue weighted by molar-refractivity contribution is -0.00605. The average molecular weight is 211 g/mol. The van der Waals surface area contributed by atoms with E-state index < -0.39 is 5.92 Å². The zero-order valence-corrected chi connectivity index (χ0v) is 8.08. The van der Waals surface area contributed by atoms with Crippen molar-refractivity contribution in [2.24, 2.45) is 0 Å². The van der Waals surface area contributed by atoms with Gasteiger partial charge in [0.2, 0.25) is 5.95 Å². The van der Waals surface area contributed by atoms with Gasteiger partial charge in [0.25, 0.3) is 5.92 Å². The number of aromatic nitrogens is 2. The van der Waals surface area contributed by atoms with Crippen molar-refractivity contribution in [3.8, 4) is 0 Å². The van der Waals surface area contributed by atoms with E-state index in [2.05, 4.69) is 9.97 Å². The summed E-state index contributed by atoms with van der Waals surface area (Å²) in [6, 6.07) is 1.69. The van der Waals surface area contributed by atoms with E-state index >= 15 is 0 Å². The number of rotatable bonds is 1. The van der Waals surface area contributed by atoms with Crippen LogP contribution in [0.15, 0.2) is 18.3 Å². The van der Waals surface area contributed by atoms with Crippen molar-refractivity contribution < 1.29 is 8.78 Å². The Morgan fingerprint density at radius 2 is 2.20 bits per heavy atom. The first-order chi connectivity index (χ1) is 7.07. The Morgan fingerprint density at radius 3 is 2.80 bits per heavy atom. The zero-order chi connectivity index (χ0) is 10.9. The molecule has 1 aliphatic rings. The van der Waals surface area contributed by atoms with Gasteiger partial charge in [0.15, 0.2) is 0 Å². The van der Waals surface area contributed by atoms with Gasteiger partial charge in [-0.1, -0.05) is 6.08 Å². The maximum absolute atomic E-state index is 12.9. The van der Waals surface area contributed by atoms with Gasteiger partial charge in [-0.15, -0.1) is 0 Å². The smallest absolute Gasteiger partial charge is 0.251 e. The molecule has 1 aromatic rings. The van der Waals surface area contributed by atoms with Crippen LogP contribution in [0.3, 0.4) is 0 Å². The molecule has 3 nitrogen and oxygen atoms in total. The number of halogens is 2. The molecule has 2 rings (SSSR count). The number of anilines is 1. The van der Waals surface area contributed by atoms with Crippen molar-refractivity contribution in [1.82, 2.24) is 9.97 Å². The van der Waals surface area contributed by atoms with Gasteiger partial charge < -0.3 is 5.73 Å². The van der Waals surface area contributed by atoms with Crippen LogP contribution in [0.4, 0.5) is 14.7 Å². The van der Waals surface area contributed by atoms with E-state index in [4.69, 9.17) is 5.73 Å². The van der Waals surface area contributed by atoms with E-state index in [9.17, 15) is 8.78 Å². The highest BCUT2D eigenvalue weighted by molar-refractivity contribution is 5.63. The average Bonchev–Trinajstić information content (AvgIpc) is 2.17. The molecule has 2 N–H and O–H groups in total. The van der Waals surface area contributed by atoms with Crippen LogP contribution in [-0.4, -0.2) is 15.9 Å². The van der Waals surface area contributed by atoms with Crippen LogP contribution < -0.4 is 5.73 Å². The summed E-state index contributed by atoms with van der Waals surface area (Å²) in [4.78, 5) is 7.75. The topological polar surface area (TPSA) is 51.8 Å². The number of nitrogens with zero attached hydrogens (tertiary/aromatic N) is 2. The summed E-state index contributed by atoms with van der Waals surface area (Å²) in [7, 11) is 0. The van der Waals surface area contributed by atoms with Crippen molar-refractivity contribution in [2.45, 2.75) is 25.2 Å². The first-order valence-corrected chi connectivity index (χ1v) is 4.73. The minimum absolute atomic E-state index is 0.122. The van der Waals surface area contributed by atoms with Gasteiger partial charge in [-0.05, 0) is 18.1 Å². The van der Waals surface area contributed by atoms with Crippen LogP contribution in [0.2, 0.25) is 0 Å². The monoisotopic (exact) mass is 211 g/mol. The van der Waals surface area contributed by atoms with Gasteiger partial charge in [-0.3, -0.25) is 0 Å². The molecule has 0 radical (unpaired) electrons. The van der Waals surface area contributed by atoms with Crippen molar-refractivity contribution in [3.63, 3.8) is 0 Å². The molecular weight excluding hydrogens is 200 g/mol. The fourth-order valence-corrected chi connectivity index (χ4v) is 1.58. The van der Waals surface area contributed by atoms with E-state index in [1.54, 1.807) is 6.07 Å². The lowest BCUT2D eigenvalue weighted by Gasteiger charge is -2.20. The third kappa shape index (κ3) is 2.29. The second kappa shape index (κ2) is 3.56. The second-order valence-electron chi connectivity index (χ2n) is 3.59. The zero-order valence-electron chi connectivity index (χ0n) is 8.08. The first-order valence-electron chi connectivity index (χ1n) is 4.73. The van der Waals surface area contributed by atoms with Crippen LogP contribution in [0.25, 0.3) is 5.57 Å². The molecule has 0 saturated carbocycles. The molecule has 0 amide bonds. The fraction of sp³-hybridized carbons (Fsp3) is 0.400. The highest BCUT2D eigenvalue weighted by Gasteiger charge is 2.31. The van der Waals surface area contributed by atoms with Crippen LogP contribution in [0.5, 0.6) is 0 Å². The number of allylic oxidation sites excluding steroid dienone is 2. The predicted molar refractivity (Wildman–Crippen MR) is 53.2 cm³/mol. The molecule has 1 aromatic heterocycles. The summed E-state index contributed by atoms with van der Waals surface area (Å²) < 4.78 is 25.7. The molecular formula is C10H11F2N3. The Labute approximate surface area is 86.0 Å². The summed E-state index contributed by atoms with van der Waals surface area (Å²) in [6.45, 7) is 0. The summed E-state index contributed by atoms with van der Waals surface area (Å²) in [5, 5.41) is 0. The Bertz CT molecular complexity index is 401. The van der Waals surface area contributed by atoms with Crippen LogP contribution in [0.1, 0.15) is 25.0 Å². The molecule has 0 aromatic carbocycles. The van der Waals surface area contributed by atoms with Crippen molar-refractivity contribution in [1.29, 1.82) is 0 Å². The second-order valence-corrected chi connectivity index (χ2v) is 3.59. The molecule has 0 atom stereocenters. The number of hydrogen-bond acceptors (Lipinski definition) is 3. The quantitative estimate of drug-likeness (QED) is 0.775. The minimum atomic E-state index is -2.57. The van der Waals surface area contributed by atoms with E-state index in [1.165, 1.54) is 12.3 Å². The maximum atomic E-state index is 12.9. The van der Waals surface area contributed by atoms with Gasteiger partial charge in [-0.25, -0.2) is 18.7 Å². The van der Waals surface area contributed by atoms with Crippen LogP contribution in [0, 0.1) is 0 Å². The lowest BCUT2D eigenvalue weighted by Crippen LogP contribution is -2.18. The summed E-state index contributed by atoms with van der Waals surface area (Å²) >= 11 is 0. The van der Waals surface area contributed by atoms with E-state index in [0.29, 0.717) is 12.1 Å². The van der Waals surface area contributed by atoms with Crippen LogP contribution >= 0.6 is 0 Å². The van der Waals surface area contributed by atoms with Gasteiger partial charge in [0.1, 0.15) is 0 Å². The number of alkyl halides is 2. The Morgan fingerprint density at radius 1 is 1.40 bits per heavy atom. The van der Waals surface area contributed by atoms with E-state index in [0.717, 1.165) is 5.57 Å². The number of hydrogen-bond donors (Lipinski definition) is 1. The molecule has 80 valence electrons. The third-order valence-electron chi connectivity index (χ3n) is 2.41. The van der Waals surface area contributed by atoms with E-state index in [-0.39, 0.29) is 18.8 Å². The molecule has 15 heavy (non-hydrogen) atoms. The number of nitrogen functional groups attached to an aromatic ring is 1. The molecule has 1 heterocycles. The molecule has 0 bridgehead atoms. The number of nitrogens with two attached hydrogens (primary N) is 1. The predicted octanol–water partition coefficient (Wildman–Crippen LogP) is 2.26. The molecule has 0 aliphatic heterocycles. The lowest BCUT2D eigenvalue weighted by atomic mass is 9.94. The van der Waals surface area contributed by atoms with Gasteiger partial charge in [-0.2, -0.15) is 0 Å². The standard InChI is InChI=1S/C10H11F2N3/c11-10(12)4-1-7(2-5-10)8-3-6-14-9(13)15-8/h1,3,6H,2,4-5H2,(H2,13,14,15). The minimum Gasteiger partial charge on any atom is -0.368 e. The summed E-state index contributed by atoms with van der Waals surface area (Å²) in [5.41, 5.74) is 6.90. The summed E-state index contributed by atoms with van der Waals surface area (Å²) in [6.07, 6.45) is 3.06. The van der Waals surface area contributed by atoms with Gasteiger partial charge in [0, 0.05) is 19.0 Å². The van der Waals surface area contributed by atoms with Crippen LogP contribution in [-0.2, 0) is 0 Å². The maximum Gasteiger partial charge on any atom is 0.251 e. The molecule has 1 aliphatic carbocycles. The first kappa shape index (κ1) is 10.0. The van der Waals surface area contributed by atoms with Gasteiger partial charge >= 0.3 is 0 Å². The molecule has 0 fully saturated rings. The molecule has 0 saturated heterocycles. The van der Waals surface area contributed by atoms with Crippen molar-refractivity contribution >= 4 is 11.5 Å². The molecule has 0 spiro atoms. The molecule has 0 unspecified atom stereocenters. The van der Waals surface area contributed by atoms with Crippen molar-refractivity contribution in [3.05, 3.63) is 24.0 Å². The Hall–Kier alpha value is -1.52. The Kier molecular flexibility index (Phi) is 2.38. The van der Waals surface area contributed by atoms with Crippen molar-refractivity contribution in [2.75, 3.05) is 5.73 Å². The highest BCUT2D eigenvalue weighted by Crippen LogP contribution is 2.35. The SMILES string of the molecule is Nc1nccc(C2=CCC(F)(F)CC2)n1. The fourth-order valence-electron chi connectivity index (χ4n) is 1.58.